The lowest BCUT2D eigenvalue weighted by atomic mass is 10.2. The normalized spacial score (nSPS) is 10.4. The standard InChI is InChI=1S/C16H18FN5O2S/c1-2-9-22-15(24)19-20-16(22)25-11-14(23)21(10-3-8-18)13-6-4-12(17)5-7-13/h4-7H,2-3,9-11H2,1H3,(H,19,24). The molecular formula is C16H18FN5O2S. The number of hydrogen-bond donors (Lipinski definition) is 1. The van der Waals surface area contributed by atoms with Gasteiger partial charge in [0, 0.05) is 18.8 Å². The summed E-state index contributed by atoms with van der Waals surface area (Å²) in [6, 6.07) is 7.52. The maximum absolute atomic E-state index is 13.1. The zero-order chi connectivity index (χ0) is 18.2. The van der Waals surface area contributed by atoms with E-state index in [1.165, 1.54) is 33.7 Å². The van der Waals surface area contributed by atoms with Crippen LogP contribution in [0, 0.1) is 17.1 Å². The first-order chi connectivity index (χ1) is 12.1. The highest BCUT2D eigenvalue weighted by Gasteiger charge is 2.18. The topological polar surface area (TPSA) is 94.8 Å². The minimum atomic E-state index is -0.397. The summed E-state index contributed by atoms with van der Waals surface area (Å²) in [5.41, 5.74) is 0.215. The Balaban J connectivity index is 2.11. The Labute approximate surface area is 148 Å². The first kappa shape index (κ1) is 18.7. The third kappa shape index (κ3) is 4.93. The van der Waals surface area contributed by atoms with Crippen LogP contribution in [0.25, 0.3) is 0 Å². The van der Waals surface area contributed by atoms with Gasteiger partial charge in [0.1, 0.15) is 5.82 Å². The second-order valence-electron chi connectivity index (χ2n) is 5.18. The smallest absolute Gasteiger partial charge is 0.311 e. The van der Waals surface area contributed by atoms with Crippen LogP contribution in [0.5, 0.6) is 0 Å². The van der Waals surface area contributed by atoms with Gasteiger partial charge in [-0.1, -0.05) is 18.7 Å². The number of nitrogens with zero attached hydrogens (tertiary/aromatic N) is 4. The van der Waals surface area contributed by atoms with Gasteiger partial charge in [-0.3, -0.25) is 9.36 Å². The Hall–Kier alpha value is -2.60. The Morgan fingerprint density at radius 2 is 2.16 bits per heavy atom. The molecule has 1 aromatic heterocycles. The molecule has 0 spiro atoms. The van der Waals surface area contributed by atoms with E-state index in [0.29, 0.717) is 17.4 Å². The summed E-state index contributed by atoms with van der Waals surface area (Å²) in [5, 5.41) is 15.5. The highest BCUT2D eigenvalue weighted by atomic mass is 32.2. The number of rotatable bonds is 8. The van der Waals surface area contributed by atoms with Crippen molar-refractivity contribution in [2.45, 2.75) is 31.5 Å². The van der Waals surface area contributed by atoms with Crippen LogP contribution >= 0.6 is 11.8 Å². The minimum Gasteiger partial charge on any atom is -0.311 e. The summed E-state index contributed by atoms with van der Waals surface area (Å²) in [5.74, 6) is -0.590. The molecule has 0 fully saturated rings. The Kier molecular flexibility index (Phi) is 6.77. The number of hydrogen-bond acceptors (Lipinski definition) is 5. The molecule has 132 valence electrons. The lowest BCUT2D eigenvalue weighted by Gasteiger charge is -2.21. The van der Waals surface area contributed by atoms with E-state index in [4.69, 9.17) is 5.26 Å². The van der Waals surface area contributed by atoms with Gasteiger partial charge in [-0.2, -0.15) is 5.26 Å². The molecule has 2 rings (SSSR count). The van der Waals surface area contributed by atoms with Crippen molar-refractivity contribution >= 4 is 23.4 Å². The Morgan fingerprint density at radius 3 is 2.80 bits per heavy atom. The number of halogens is 1. The van der Waals surface area contributed by atoms with E-state index in [2.05, 4.69) is 10.2 Å². The lowest BCUT2D eigenvalue weighted by molar-refractivity contribution is -0.116. The second kappa shape index (κ2) is 9.03. The van der Waals surface area contributed by atoms with Crippen LogP contribution in [0.2, 0.25) is 0 Å². The molecule has 1 heterocycles. The number of nitrogens with one attached hydrogen (secondary N) is 1. The van der Waals surface area contributed by atoms with E-state index in [9.17, 15) is 14.0 Å². The Morgan fingerprint density at radius 1 is 1.44 bits per heavy atom. The number of aromatic amines is 1. The molecule has 0 aliphatic carbocycles. The van der Waals surface area contributed by atoms with Crippen LogP contribution in [0.3, 0.4) is 0 Å². The zero-order valence-corrected chi connectivity index (χ0v) is 14.6. The molecule has 9 heteroatoms. The summed E-state index contributed by atoms with van der Waals surface area (Å²) >= 11 is 1.15. The summed E-state index contributed by atoms with van der Waals surface area (Å²) in [4.78, 5) is 25.7. The first-order valence-corrected chi connectivity index (χ1v) is 8.76. The van der Waals surface area contributed by atoms with Gasteiger partial charge in [0.05, 0.1) is 18.2 Å². The van der Waals surface area contributed by atoms with Gasteiger partial charge < -0.3 is 4.90 Å². The minimum absolute atomic E-state index is 0.0524. The van der Waals surface area contributed by atoms with Crippen LogP contribution in [-0.2, 0) is 11.3 Å². The monoisotopic (exact) mass is 363 g/mol. The van der Waals surface area contributed by atoms with Gasteiger partial charge in [0.15, 0.2) is 5.16 Å². The van der Waals surface area contributed by atoms with E-state index in [0.717, 1.165) is 18.2 Å². The molecule has 1 N–H and O–H groups in total. The fraction of sp³-hybridized carbons (Fsp3) is 0.375. The van der Waals surface area contributed by atoms with E-state index >= 15 is 0 Å². The van der Waals surface area contributed by atoms with Gasteiger partial charge in [-0.15, -0.1) is 5.10 Å². The fourth-order valence-electron chi connectivity index (χ4n) is 2.22. The molecule has 0 aliphatic rings. The lowest BCUT2D eigenvalue weighted by Crippen LogP contribution is -2.33. The molecule has 7 nitrogen and oxygen atoms in total. The summed E-state index contributed by atoms with van der Waals surface area (Å²) in [6.45, 7) is 2.67. The maximum atomic E-state index is 13.1. The number of carbonyl (C=O) groups excluding carboxylic acids is 1. The zero-order valence-electron chi connectivity index (χ0n) is 13.7. The molecule has 0 saturated carbocycles. The molecule has 2 aromatic rings. The number of anilines is 1. The number of benzene rings is 1. The second-order valence-corrected chi connectivity index (χ2v) is 6.12. The molecule has 0 saturated heterocycles. The van der Waals surface area contributed by atoms with Crippen molar-refractivity contribution in [1.29, 1.82) is 5.26 Å². The van der Waals surface area contributed by atoms with Crippen molar-refractivity contribution in [3.05, 3.63) is 40.6 Å². The number of thioether (sulfide) groups is 1. The van der Waals surface area contributed by atoms with E-state index < -0.39 is 5.82 Å². The van der Waals surface area contributed by atoms with Crippen molar-refractivity contribution in [1.82, 2.24) is 14.8 Å². The summed E-state index contributed by atoms with van der Waals surface area (Å²) in [7, 11) is 0. The van der Waals surface area contributed by atoms with Crippen LogP contribution < -0.4 is 10.6 Å². The summed E-state index contributed by atoms with van der Waals surface area (Å²) in [6.07, 6.45) is 0.932. The van der Waals surface area contributed by atoms with Crippen molar-refractivity contribution in [3.63, 3.8) is 0 Å². The highest BCUT2D eigenvalue weighted by Crippen LogP contribution is 2.19. The molecule has 1 amide bonds. The third-order valence-corrected chi connectivity index (χ3v) is 4.34. The van der Waals surface area contributed by atoms with Gasteiger partial charge in [-0.25, -0.2) is 14.3 Å². The molecule has 0 atom stereocenters. The number of aromatic nitrogens is 3. The fourth-order valence-corrected chi connectivity index (χ4v) is 3.07. The van der Waals surface area contributed by atoms with Crippen molar-refractivity contribution in [2.24, 2.45) is 0 Å². The predicted molar refractivity (Wildman–Crippen MR) is 92.8 cm³/mol. The van der Waals surface area contributed by atoms with E-state index in [-0.39, 0.29) is 30.3 Å². The number of carbonyl (C=O) groups is 1. The van der Waals surface area contributed by atoms with Crippen LogP contribution in [0.15, 0.2) is 34.2 Å². The summed E-state index contributed by atoms with van der Waals surface area (Å²) < 4.78 is 14.6. The quantitative estimate of drug-likeness (QED) is 0.725. The average Bonchev–Trinajstić information content (AvgIpc) is 2.95. The molecule has 0 bridgehead atoms. The van der Waals surface area contributed by atoms with Gasteiger partial charge in [-0.05, 0) is 30.7 Å². The maximum Gasteiger partial charge on any atom is 0.343 e. The van der Waals surface area contributed by atoms with Crippen LogP contribution in [0.1, 0.15) is 19.8 Å². The average molecular weight is 363 g/mol. The van der Waals surface area contributed by atoms with Gasteiger partial charge in [0.25, 0.3) is 0 Å². The SMILES string of the molecule is CCCn1c(SCC(=O)N(CCC#N)c2ccc(F)cc2)n[nH]c1=O. The largest absolute Gasteiger partial charge is 0.343 e. The number of nitriles is 1. The van der Waals surface area contributed by atoms with Crippen LogP contribution in [-0.4, -0.2) is 33.0 Å². The molecule has 1 aromatic carbocycles. The predicted octanol–water partition coefficient (Wildman–Crippen LogP) is 2.16. The van der Waals surface area contributed by atoms with Crippen molar-refractivity contribution in [2.75, 3.05) is 17.2 Å². The van der Waals surface area contributed by atoms with Gasteiger partial charge in [0.2, 0.25) is 5.91 Å². The van der Waals surface area contributed by atoms with E-state index in [1.807, 2.05) is 13.0 Å². The van der Waals surface area contributed by atoms with Crippen LogP contribution in [0.4, 0.5) is 10.1 Å². The first-order valence-electron chi connectivity index (χ1n) is 7.77. The van der Waals surface area contributed by atoms with Gasteiger partial charge >= 0.3 is 5.69 Å². The molecule has 0 aliphatic heterocycles. The van der Waals surface area contributed by atoms with Crippen molar-refractivity contribution in [3.8, 4) is 6.07 Å². The molecule has 25 heavy (non-hydrogen) atoms. The van der Waals surface area contributed by atoms with Crippen molar-refractivity contribution < 1.29 is 9.18 Å². The Bertz CT molecular complexity index is 809. The highest BCUT2D eigenvalue weighted by molar-refractivity contribution is 7.99. The van der Waals surface area contributed by atoms with E-state index in [1.54, 1.807) is 0 Å². The number of amides is 1. The number of H-pyrrole nitrogens is 1. The molecule has 0 radical (unpaired) electrons. The molecule has 0 unspecified atom stereocenters. The third-order valence-electron chi connectivity index (χ3n) is 3.38. The molecular weight excluding hydrogens is 345 g/mol.